The first kappa shape index (κ1) is 18.3. The Labute approximate surface area is 151 Å². The van der Waals surface area contributed by atoms with E-state index < -0.39 is 5.97 Å². The highest BCUT2D eigenvalue weighted by Crippen LogP contribution is 2.19. The fraction of sp³-hybridized carbons (Fsp3) is 0.222. The number of aliphatic imine (C=N–C) groups is 1. The van der Waals surface area contributed by atoms with E-state index in [1.165, 1.54) is 6.07 Å². The predicted molar refractivity (Wildman–Crippen MR) is 101 cm³/mol. The van der Waals surface area contributed by atoms with Crippen molar-refractivity contribution in [3.8, 4) is 0 Å². The highest BCUT2D eigenvalue weighted by Gasteiger charge is 2.07. The van der Waals surface area contributed by atoms with Gasteiger partial charge in [-0.2, -0.15) is 0 Å². The van der Waals surface area contributed by atoms with E-state index in [2.05, 4.69) is 9.89 Å². The van der Waals surface area contributed by atoms with E-state index in [-0.39, 0.29) is 5.56 Å². The summed E-state index contributed by atoms with van der Waals surface area (Å²) in [5, 5.41) is 9.16. The van der Waals surface area contributed by atoms with E-state index in [0.29, 0.717) is 17.4 Å². The average molecular weight is 365 g/mol. The minimum absolute atomic E-state index is 0.181. The largest absolute Gasteiger partial charge is 0.478 e. The van der Waals surface area contributed by atoms with Crippen LogP contribution in [0.15, 0.2) is 53.5 Å². The van der Waals surface area contributed by atoms with E-state index in [1.54, 1.807) is 24.4 Å². The SMILES string of the molecule is O=C(O)c1ccccc1/N=C/c1ccc(N(CCCl)CCCl)cc1. The molecule has 0 radical (unpaired) electrons. The van der Waals surface area contributed by atoms with Crippen molar-refractivity contribution in [3.05, 3.63) is 59.7 Å². The highest BCUT2D eigenvalue weighted by molar-refractivity contribution is 6.18. The van der Waals surface area contributed by atoms with Gasteiger partial charge in [-0.15, -0.1) is 23.2 Å². The van der Waals surface area contributed by atoms with Gasteiger partial charge in [0, 0.05) is 36.8 Å². The number of aromatic carboxylic acids is 1. The number of hydrogen-bond donors (Lipinski definition) is 1. The standard InChI is InChI=1S/C18H18Cl2N2O2/c19-9-11-22(12-10-20)15-7-5-14(6-8-15)13-21-17-4-2-1-3-16(17)18(23)24/h1-8,13H,9-12H2,(H,23,24)/b21-13+. The van der Waals surface area contributed by atoms with Gasteiger partial charge >= 0.3 is 5.97 Å². The molecule has 24 heavy (non-hydrogen) atoms. The minimum atomic E-state index is -0.990. The van der Waals surface area contributed by atoms with Crippen LogP contribution in [0.25, 0.3) is 0 Å². The van der Waals surface area contributed by atoms with Crippen molar-refractivity contribution in [2.45, 2.75) is 0 Å². The van der Waals surface area contributed by atoms with Crippen LogP contribution in [0, 0.1) is 0 Å². The van der Waals surface area contributed by atoms with Crippen LogP contribution < -0.4 is 4.90 Å². The zero-order valence-corrected chi connectivity index (χ0v) is 14.5. The number of hydrogen-bond acceptors (Lipinski definition) is 3. The molecule has 0 saturated carbocycles. The molecule has 0 amide bonds. The number of halogens is 2. The Balaban J connectivity index is 2.15. The number of anilines is 1. The summed E-state index contributed by atoms with van der Waals surface area (Å²) in [6, 6.07) is 14.5. The average Bonchev–Trinajstić information content (AvgIpc) is 2.60. The van der Waals surface area contributed by atoms with Crippen molar-refractivity contribution in [1.82, 2.24) is 0 Å². The van der Waals surface area contributed by atoms with Crippen molar-refractivity contribution < 1.29 is 9.90 Å². The van der Waals surface area contributed by atoms with Crippen LogP contribution in [-0.4, -0.2) is 42.1 Å². The molecule has 0 atom stereocenters. The van der Waals surface area contributed by atoms with E-state index >= 15 is 0 Å². The molecule has 2 aromatic rings. The molecule has 2 rings (SSSR count). The van der Waals surface area contributed by atoms with Crippen molar-refractivity contribution in [3.63, 3.8) is 0 Å². The summed E-state index contributed by atoms with van der Waals surface area (Å²) in [6.45, 7) is 1.46. The van der Waals surface area contributed by atoms with Crippen LogP contribution in [0.3, 0.4) is 0 Å². The van der Waals surface area contributed by atoms with Crippen LogP contribution in [0.4, 0.5) is 11.4 Å². The monoisotopic (exact) mass is 364 g/mol. The van der Waals surface area contributed by atoms with Crippen molar-refractivity contribution in [2.24, 2.45) is 4.99 Å². The fourth-order valence-corrected chi connectivity index (χ4v) is 2.66. The summed E-state index contributed by atoms with van der Waals surface area (Å²) < 4.78 is 0. The third-order valence-corrected chi connectivity index (χ3v) is 3.79. The first-order valence-corrected chi connectivity index (χ1v) is 8.56. The predicted octanol–water partition coefficient (Wildman–Crippen LogP) is 4.42. The quantitative estimate of drug-likeness (QED) is 0.557. The molecule has 0 aliphatic heterocycles. The molecule has 0 fully saturated rings. The van der Waals surface area contributed by atoms with Gasteiger partial charge in [-0.1, -0.05) is 24.3 Å². The molecule has 0 heterocycles. The Morgan fingerprint density at radius 1 is 1.04 bits per heavy atom. The summed E-state index contributed by atoms with van der Waals surface area (Å²) >= 11 is 11.6. The molecule has 0 aromatic heterocycles. The molecule has 0 spiro atoms. The molecule has 4 nitrogen and oxygen atoms in total. The van der Waals surface area contributed by atoms with Crippen LogP contribution in [0.2, 0.25) is 0 Å². The number of carboxylic acid groups (broad SMARTS) is 1. The van der Waals surface area contributed by atoms with Crippen molar-refractivity contribution in [2.75, 3.05) is 29.7 Å². The summed E-state index contributed by atoms with van der Waals surface area (Å²) in [6.07, 6.45) is 1.65. The van der Waals surface area contributed by atoms with Gasteiger partial charge in [0.25, 0.3) is 0 Å². The lowest BCUT2D eigenvalue weighted by Crippen LogP contribution is -2.27. The first-order chi connectivity index (χ1) is 11.7. The third kappa shape index (κ3) is 4.98. The molecule has 0 unspecified atom stereocenters. The van der Waals surface area contributed by atoms with E-state index in [4.69, 9.17) is 28.3 Å². The maximum Gasteiger partial charge on any atom is 0.337 e. The second kappa shape index (κ2) is 9.30. The lowest BCUT2D eigenvalue weighted by atomic mass is 10.1. The van der Waals surface area contributed by atoms with Gasteiger partial charge in [-0.05, 0) is 29.8 Å². The van der Waals surface area contributed by atoms with Crippen molar-refractivity contribution in [1.29, 1.82) is 0 Å². The second-order valence-electron chi connectivity index (χ2n) is 5.04. The molecule has 2 aromatic carbocycles. The normalized spacial score (nSPS) is 10.9. The molecule has 126 valence electrons. The van der Waals surface area contributed by atoms with Crippen molar-refractivity contribution >= 4 is 46.8 Å². The Bertz CT molecular complexity index is 696. The fourth-order valence-electron chi connectivity index (χ4n) is 2.26. The third-order valence-electron chi connectivity index (χ3n) is 3.45. The topological polar surface area (TPSA) is 52.9 Å². The van der Waals surface area contributed by atoms with Gasteiger partial charge in [-0.3, -0.25) is 4.99 Å². The molecule has 0 aliphatic carbocycles. The zero-order valence-electron chi connectivity index (χ0n) is 13.0. The first-order valence-electron chi connectivity index (χ1n) is 7.49. The summed E-state index contributed by atoms with van der Waals surface area (Å²) in [4.78, 5) is 17.6. The molecular weight excluding hydrogens is 347 g/mol. The molecule has 1 N–H and O–H groups in total. The van der Waals surface area contributed by atoms with Gasteiger partial charge in [-0.25, -0.2) is 4.79 Å². The van der Waals surface area contributed by atoms with Gasteiger partial charge < -0.3 is 10.0 Å². The van der Waals surface area contributed by atoms with E-state index in [1.807, 2.05) is 24.3 Å². The number of nitrogens with zero attached hydrogens (tertiary/aromatic N) is 2. The zero-order chi connectivity index (χ0) is 17.4. The van der Waals surface area contributed by atoms with Crippen LogP contribution >= 0.6 is 23.2 Å². The smallest absolute Gasteiger partial charge is 0.337 e. The van der Waals surface area contributed by atoms with Crippen LogP contribution in [0.1, 0.15) is 15.9 Å². The summed E-state index contributed by atoms with van der Waals surface area (Å²) in [5.74, 6) is 0.0777. The number of carbonyl (C=O) groups is 1. The Morgan fingerprint density at radius 2 is 1.67 bits per heavy atom. The number of benzene rings is 2. The van der Waals surface area contributed by atoms with Gasteiger partial charge in [0.15, 0.2) is 0 Å². The second-order valence-corrected chi connectivity index (χ2v) is 5.79. The van der Waals surface area contributed by atoms with Crippen LogP contribution in [0.5, 0.6) is 0 Å². The minimum Gasteiger partial charge on any atom is -0.478 e. The highest BCUT2D eigenvalue weighted by atomic mass is 35.5. The maximum absolute atomic E-state index is 11.2. The lowest BCUT2D eigenvalue weighted by Gasteiger charge is -2.22. The number of carboxylic acids is 1. The lowest BCUT2D eigenvalue weighted by molar-refractivity contribution is 0.0698. The molecular formula is C18H18Cl2N2O2. The van der Waals surface area contributed by atoms with Gasteiger partial charge in [0.1, 0.15) is 0 Å². The molecule has 6 heteroatoms. The number of rotatable bonds is 8. The number of para-hydroxylation sites is 1. The van der Waals surface area contributed by atoms with E-state index in [9.17, 15) is 4.79 Å². The molecule has 0 bridgehead atoms. The molecule has 0 aliphatic rings. The summed E-state index contributed by atoms with van der Waals surface area (Å²) in [5.41, 5.74) is 2.54. The number of alkyl halides is 2. The van der Waals surface area contributed by atoms with E-state index in [0.717, 1.165) is 24.3 Å². The Morgan fingerprint density at radius 3 is 2.25 bits per heavy atom. The van der Waals surface area contributed by atoms with Gasteiger partial charge in [0.05, 0.1) is 11.3 Å². The molecule has 0 saturated heterocycles. The van der Waals surface area contributed by atoms with Crippen LogP contribution in [-0.2, 0) is 0 Å². The Hall–Kier alpha value is -2.04. The van der Waals surface area contributed by atoms with Gasteiger partial charge in [0.2, 0.25) is 0 Å². The Kier molecular flexibility index (Phi) is 7.09. The summed E-state index contributed by atoms with van der Waals surface area (Å²) in [7, 11) is 0. The maximum atomic E-state index is 11.2.